The summed E-state index contributed by atoms with van der Waals surface area (Å²) in [6.07, 6.45) is 6.90. The van der Waals surface area contributed by atoms with Crippen LogP contribution >= 0.6 is 0 Å². The average molecular weight is 459 g/mol. The third-order valence-electron chi connectivity index (χ3n) is 6.69. The van der Waals surface area contributed by atoms with E-state index in [-0.39, 0.29) is 23.6 Å². The normalized spacial score (nSPS) is 21.8. The molecule has 8 heteroatoms. The Balaban J connectivity index is 1.36. The molecule has 8 nitrogen and oxygen atoms in total. The maximum absolute atomic E-state index is 13.1. The fourth-order valence-corrected chi connectivity index (χ4v) is 4.83. The van der Waals surface area contributed by atoms with Crippen LogP contribution in [0.4, 0.5) is 11.4 Å². The summed E-state index contributed by atoms with van der Waals surface area (Å²) in [7, 11) is 0. The summed E-state index contributed by atoms with van der Waals surface area (Å²) in [5, 5.41) is 4.08. The van der Waals surface area contributed by atoms with Crippen LogP contribution in [0.5, 0.6) is 0 Å². The molecule has 2 aliphatic heterocycles. The number of hydrazine groups is 1. The molecular weight excluding hydrogens is 432 g/mol. The number of fused-ring (bicyclic) bond motifs is 1. The lowest BCUT2D eigenvalue weighted by Crippen LogP contribution is -2.59. The van der Waals surface area contributed by atoms with Gasteiger partial charge in [-0.25, -0.2) is 5.01 Å². The van der Waals surface area contributed by atoms with Crippen LogP contribution < -0.4 is 15.8 Å². The molecule has 3 aliphatic rings. The van der Waals surface area contributed by atoms with E-state index in [0.717, 1.165) is 25.9 Å². The van der Waals surface area contributed by atoms with Crippen LogP contribution in [-0.2, 0) is 9.59 Å². The molecule has 2 fully saturated rings. The first kappa shape index (κ1) is 21.9. The predicted molar refractivity (Wildman–Crippen MR) is 127 cm³/mol. The Morgan fingerprint density at radius 2 is 1.65 bits per heavy atom. The first-order chi connectivity index (χ1) is 16.5. The van der Waals surface area contributed by atoms with E-state index >= 15 is 0 Å². The van der Waals surface area contributed by atoms with E-state index in [1.54, 1.807) is 53.4 Å². The molecule has 2 heterocycles. The highest BCUT2D eigenvalue weighted by Gasteiger charge is 2.42. The lowest BCUT2D eigenvalue weighted by Gasteiger charge is -2.38. The lowest BCUT2D eigenvalue weighted by atomic mass is 9.80. The molecule has 0 saturated carbocycles. The fraction of sp³-hybridized carbons (Fsp3) is 0.308. The molecular formula is C26H26N4O4. The zero-order valence-electron chi connectivity index (χ0n) is 18.7. The molecule has 2 aromatic carbocycles. The van der Waals surface area contributed by atoms with Gasteiger partial charge in [0.1, 0.15) is 0 Å². The van der Waals surface area contributed by atoms with Crippen molar-refractivity contribution in [1.29, 1.82) is 0 Å². The molecule has 0 radical (unpaired) electrons. The number of para-hydroxylation sites is 1. The van der Waals surface area contributed by atoms with Gasteiger partial charge >= 0.3 is 0 Å². The summed E-state index contributed by atoms with van der Waals surface area (Å²) in [5.74, 6) is -1.64. The lowest BCUT2D eigenvalue weighted by molar-refractivity contribution is -0.139. The average Bonchev–Trinajstić information content (AvgIpc) is 3.41. The number of anilines is 2. The second-order valence-corrected chi connectivity index (χ2v) is 8.85. The molecule has 2 N–H and O–H groups in total. The van der Waals surface area contributed by atoms with Gasteiger partial charge in [-0.1, -0.05) is 30.4 Å². The van der Waals surface area contributed by atoms with Crippen molar-refractivity contribution in [2.24, 2.45) is 11.8 Å². The molecule has 0 aromatic heterocycles. The van der Waals surface area contributed by atoms with Crippen molar-refractivity contribution >= 4 is 35.0 Å². The first-order valence-electron chi connectivity index (χ1n) is 11.6. The number of carbonyl (C=O) groups is 4. The highest BCUT2D eigenvalue weighted by atomic mass is 16.2. The number of rotatable bonds is 4. The van der Waals surface area contributed by atoms with E-state index in [0.29, 0.717) is 35.3 Å². The van der Waals surface area contributed by atoms with Crippen LogP contribution in [0.2, 0.25) is 0 Å². The number of carbonyl (C=O) groups excluding carboxylic acids is 4. The highest BCUT2D eigenvalue weighted by Crippen LogP contribution is 2.32. The number of allylic oxidation sites excluding steroid dienone is 2. The quantitative estimate of drug-likeness (QED) is 0.688. The minimum atomic E-state index is -0.405. The third-order valence-corrected chi connectivity index (χ3v) is 6.69. The van der Waals surface area contributed by atoms with Gasteiger partial charge in [0, 0.05) is 18.7 Å². The Bertz CT molecular complexity index is 1180. The largest absolute Gasteiger partial charge is 0.339 e. The van der Waals surface area contributed by atoms with E-state index in [2.05, 4.69) is 10.7 Å². The van der Waals surface area contributed by atoms with Crippen LogP contribution in [-0.4, -0.2) is 41.6 Å². The SMILES string of the molecule is O=C(Nc1ccccc1C(=O)N1CCCC1)c1cccc(N2NC(=O)[C@H]3CC=CC[C@@H]3C2=O)c1. The van der Waals surface area contributed by atoms with Gasteiger partial charge in [-0.15, -0.1) is 0 Å². The molecule has 174 valence electrons. The van der Waals surface area contributed by atoms with Gasteiger partial charge in [-0.2, -0.15) is 0 Å². The smallest absolute Gasteiger partial charge is 0.255 e. The van der Waals surface area contributed by atoms with Crippen molar-refractivity contribution in [3.05, 3.63) is 71.8 Å². The summed E-state index contributed by atoms with van der Waals surface area (Å²) in [5.41, 5.74) is 4.30. The minimum Gasteiger partial charge on any atom is -0.339 e. The summed E-state index contributed by atoms with van der Waals surface area (Å²) in [6, 6.07) is 13.5. The van der Waals surface area contributed by atoms with Gasteiger partial charge < -0.3 is 10.2 Å². The van der Waals surface area contributed by atoms with Crippen molar-refractivity contribution in [3.8, 4) is 0 Å². The summed E-state index contributed by atoms with van der Waals surface area (Å²) in [4.78, 5) is 53.4. The molecule has 1 aliphatic carbocycles. The maximum Gasteiger partial charge on any atom is 0.255 e. The fourth-order valence-electron chi connectivity index (χ4n) is 4.83. The van der Waals surface area contributed by atoms with Crippen LogP contribution in [0.15, 0.2) is 60.7 Å². The van der Waals surface area contributed by atoms with Crippen LogP contribution in [0.25, 0.3) is 0 Å². The third kappa shape index (κ3) is 4.07. The van der Waals surface area contributed by atoms with E-state index in [4.69, 9.17) is 0 Å². The number of nitrogens with zero attached hydrogens (tertiary/aromatic N) is 2. The molecule has 5 rings (SSSR count). The van der Waals surface area contributed by atoms with Crippen molar-refractivity contribution in [3.63, 3.8) is 0 Å². The Kier molecular flexibility index (Phi) is 5.88. The van der Waals surface area contributed by atoms with Crippen LogP contribution in [0, 0.1) is 11.8 Å². The van der Waals surface area contributed by atoms with E-state index in [9.17, 15) is 19.2 Å². The van der Waals surface area contributed by atoms with Gasteiger partial charge in [-0.3, -0.25) is 24.6 Å². The van der Waals surface area contributed by atoms with Crippen molar-refractivity contribution < 1.29 is 19.2 Å². The van der Waals surface area contributed by atoms with Crippen molar-refractivity contribution in [1.82, 2.24) is 10.3 Å². The van der Waals surface area contributed by atoms with Crippen LogP contribution in [0.3, 0.4) is 0 Å². The number of likely N-dealkylation sites (tertiary alicyclic amines) is 1. The first-order valence-corrected chi connectivity index (χ1v) is 11.6. The van der Waals surface area contributed by atoms with Gasteiger partial charge in [0.05, 0.1) is 28.8 Å². The Hall–Kier alpha value is -3.94. The predicted octanol–water partition coefficient (Wildman–Crippen LogP) is 3.14. The van der Waals surface area contributed by atoms with Gasteiger partial charge in [0.2, 0.25) is 11.8 Å². The molecule has 2 saturated heterocycles. The number of amides is 4. The summed E-state index contributed by atoms with van der Waals surface area (Å²) >= 11 is 0. The molecule has 0 spiro atoms. The summed E-state index contributed by atoms with van der Waals surface area (Å²) in [6.45, 7) is 1.44. The van der Waals surface area contributed by atoms with Crippen LogP contribution in [0.1, 0.15) is 46.4 Å². The van der Waals surface area contributed by atoms with Gasteiger partial charge in [0.15, 0.2) is 0 Å². The number of hydrogen-bond acceptors (Lipinski definition) is 4. The number of nitrogens with one attached hydrogen (secondary N) is 2. The number of benzene rings is 2. The summed E-state index contributed by atoms with van der Waals surface area (Å²) < 4.78 is 0. The monoisotopic (exact) mass is 458 g/mol. The molecule has 4 amide bonds. The molecule has 0 unspecified atom stereocenters. The standard InChI is InChI=1S/C26H26N4O4/c31-23(27-22-13-4-3-12-21(22)25(33)29-14-5-6-15-29)17-8-7-9-18(16-17)30-26(34)20-11-2-1-10-19(20)24(32)28-30/h1-4,7-9,12-13,16,19-20H,5-6,10-11,14-15H2,(H,27,31)(H,28,32)/t19-,20-/m0/s1. The van der Waals surface area contributed by atoms with Gasteiger partial charge in [0.25, 0.3) is 11.8 Å². The van der Waals surface area contributed by atoms with E-state index in [1.807, 2.05) is 12.2 Å². The second kappa shape index (κ2) is 9.13. The highest BCUT2D eigenvalue weighted by molar-refractivity contribution is 6.10. The molecule has 0 bridgehead atoms. The Morgan fingerprint density at radius 1 is 0.912 bits per heavy atom. The zero-order valence-corrected chi connectivity index (χ0v) is 18.7. The zero-order chi connectivity index (χ0) is 23.7. The Labute approximate surface area is 197 Å². The molecule has 2 atom stereocenters. The van der Waals surface area contributed by atoms with Gasteiger partial charge in [-0.05, 0) is 56.0 Å². The Morgan fingerprint density at radius 3 is 2.44 bits per heavy atom. The van der Waals surface area contributed by atoms with E-state index < -0.39 is 11.8 Å². The topological polar surface area (TPSA) is 98.8 Å². The number of hydrogen-bond donors (Lipinski definition) is 2. The van der Waals surface area contributed by atoms with Crippen molar-refractivity contribution in [2.45, 2.75) is 25.7 Å². The van der Waals surface area contributed by atoms with Crippen molar-refractivity contribution in [2.75, 3.05) is 23.4 Å². The minimum absolute atomic E-state index is 0.0973. The second-order valence-electron chi connectivity index (χ2n) is 8.85. The molecule has 34 heavy (non-hydrogen) atoms. The molecule has 2 aromatic rings. The maximum atomic E-state index is 13.1. The van der Waals surface area contributed by atoms with E-state index in [1.165, 1.54) is 5.01 Å².